The van der Waals surface area contributed by atoms with Crippen molar-refractivity contribution in [1.29, 1.82) is 0 Å². The van der Waals surface area contributed by atoms with Crippen molar-refractivity contribution in [1.82, 2.24) is 4.98 Å². The SMILES string of the molecule is C=Cc1nc(-c2ccc(C)cc2)oc1C(=C)O. The van der Waals surface area contributed by atoms with Gasteiger partial charge in [-0.05, 0) is 25.1 Å². The van der Waals surface area contributed by atoms with Crippen LogP contribution in [0.3, 0.4) is 0 Å². The molecule has 0 radical (unpaired) electrons. The van der Waals surface area contributed by atoms with Crippen LogP contribution in [0.15, 0.2) is 41.8 Å². The van der Waals surface area contributed by atoms with Crippen LogP contribution in [0, 0.1) is 6.92 Å². The molecule has 2 aromatic rings. The van der Waals surface area contributed by atoms with Crippen molar-refractivity contribution in [2.24, 2.45) is 0 Å². The molecule has 0 fully saturated rings. The largest absolute Gasteiger partial charge is 0.505 e. The molecule has 1 aromatic carbocycles. The van der Waals surface area contributed by atoms with Gasteiger partial charge in [0.1, 0.15) is 5.69 Å². The second-order valence-corrected chi connectivity index (χ2v) is 3.75. The highest BCUT2D eigenvalue weighted by molar-refractivity contribution is 5.65. The van der Waals surface area contributed by atoms with E-state index in [4.69, 9.17) is 4.42 Å². The fourth-order valence-corrected chi connectivity index (χ4v) is 1.50. The molecule has 3 nitrogen and oxygen atoms in total. The molecule has 0 aliphatic heterocycles. The Balaban J connectivity index is 2.50. The Morgan fingerprint density at radius 2 is 2.00 bits per heavy atom. The third-order valence-electron chi connectivity index (χ3n) is 2.41. The van der Waals surface area contributed by atoms with E-state index >= 15 is 0 Å². The van der Waals surface area contributed by atoms with Crippen molar-refractivity contribution in [3.05, 3.63) is 54.4 Å². The van der Waals surface area contributed by atoms with Crippen LogP contribution < -0.4 is 0 Å². The van der Waals surface area contributed by atoms with E-state index in [1.807, 2.05) is 31.2 Å². The minimum atomic E-state index is -0.147. The monoisotopic (exact) mass is 227 g/mol. The minimum absolute atomic E-state index is 0.147. The molecule has 0 spiro atoms. The summed E-state index contributed by atoms with van der Waals surface area (Å²) in [6.45, 7) is 9.06. The molecule has 0 amide bonds. The van der Waals surface area contributed by atoms with Gasteiger partial charge in [0.15, 0.2) is 11.5 Å². The molecule has 0 aliphatic carbocycles. The molecule has 0 atom stereocenters. The van der Waals surface area contributed by atoms with Gasteiger partial charge in [-0.3, -0.25) is 0 Å². The molecule has 1 N–H and O–H groups in total. The number of aryl methyl sites for hydroxylation is 1. The van der Waals surface area contributed by atoms with E-state index in [1.54, 1.807) is 0 Å². The summed E-state index contributed by atoms with van der Waals surface area (Å²) in [6.07, 6.45) is 1.53. The first kappa shape index (κ1) is 11.2. The van der Waals surface area contributed by atoms with Gasteiger partial charge >= 0.3 is 0 Å². The highest BCUT2D eigenvalue weighted by Crippen LogP contribution is 2.25. The maximum Gasteiger partial charge on any atom is 0.227 e. The predicted molar refractivity (Wildman–Crippen MR) is 68.4 cm³/mol. The van der Waals surface area contributed by atoms with E-state index in [9.17, 15) is 5.11 Å². The lowest BCUT2D eigenvalue weighted by Crippen LogP contribution is -1.80. The second kappa shape index (κ2) is 4.29. The summed E-state index contributed by atoms with van der Waals surface area (Å²) < 4.78 is 5.46. The van der Waals surface area contributed by atoms with Crippen LogP contribution in [-0.4, -0.2) is 10.1 Å². The summed E-state index contributed by atoms with van der Waals surface area (Å²) in [5.41, 5.74) is 2.51. The number of aliphatic hydroxyl groups excluding tert-OH is 1. The van der Waals surface area contributed by atoms with Gasteiger partial charge in [0, 0.05) is 5.56 Å². The first-order valence-corrected chi connectivity index (χ1v) is 5.20. The van der Waals surface area contributed by atoms with E-state index in [2.05, 4.69) is 18.1 Å². The van der Waals surface area contributed by atoms with Gasteiger partial charge in [-0.1, -0.05) is 30.9 Å². The van der Waals surface area contributed by atoms with Gasteiger partial charge in [0.25, 0.3) is 0 Å². The molecule has 0 unspecified atom stereocenters. The van der Waals surface area contributed by atoms with Crippen LogP contribution in [0.1, 0.15) is 17.0 Å². The molecule has 3 heteroatoms. The molecule has 0 bridgehead atoms. The fourth-order valence-electron chi connectivity index (χ4n) is 1.50. The maximum absolute atomic E-state index is 9.36. The van der Waals surface area contributed by atoms with Gasteiger partial charge in [-0.2, -0.15) is 0 Å². The fraction of sp³-hybridized carbons (Fsp3) is 0.0714. The lowest BCUT2D eigenvalue weighted by atomic mass is 10.1. The molecule has 2 rings (SSSR count). The zero-order valence-corrected chi connectivity index (χ0v) is 9.60. The van der Waals surface area contributed by atoms with Gasteiger partial charge in [-0.15, -0.1) is 0 Å². The topological polar surface area (TPSA) is 46.3 Å². The van der Waals surface area contributed by atoms with Crippen LogP contribution in [0.2, 0.25) is 0 Å². The van der Waals surface area contributed by atoms with E-state index in [0.717, 1.165) is 11.1 Å². The minimum Gasteiger partial charge on any atom is -0.505 e. The lowest BCUT2D eigenvalue weighted by molar-refractivity contribution is 0.464. The first-order chi connectivity index (χ1) is 8.11. The number of benzene rings is 1. The number of hydrogen-bond donors (Lipinski definition) is 1. The quantitative estimate of drug-likeness (QED) is 0.811. The molecule has 0 saturated heterocycles. The molecular formula is C14H13NO2. The van der Waals surface area contributed by atoms with E-state index < -0.39 is 0 Å². The van der Waals surface area contributed by atoms with E-state index in [1.165, 1.54) is 6.08 Å². The van der Waals surface area contributed by atoms with Gasteiger partial charge in [0.05, 0.1) is 0 Å². The third-order valence-corrected chi connectivity index (χ3v) is 2.41. The second-order valence-electron chi connectivity index (χ2n) is 3.75. The molecular weight excluding hydrogens is 214 g/mol. The summed E-state index contributed by atoms with van der Waals surface area (Å²) in [5, 5.41) is 9.36. The predicted octanol–water partition coefficient (Wildman–Crippen LogP) is 3.82. The van der Waals surface area contributed by atoms with Crippen LogP contribution in [0.25, 0.3) is 23.3 Å². The summed E-state index contributed by atoms with van der Waals surface area (Å²) in [7, 11) is 0. The number of rotatable bonds is 3. The van der Waals surface area contributed by atoms with Crippen molar-refractivity contribution < 1.29 is 9.52 Å². The Morgan fingerprint density at radius 1 is 1.35 bits per heavy atom. The number of aliphatic hydroxyl groups is 1. The number of nitrogens with zero attached hydrogens (tertiary/aromatic N) is 1. The number of oxazole rings is 1. The molecule has 0 saturated carbocycles. The number of aromatic nitrogens is 1. The Kier molecular flexibility index (Phi) is 2.83. The Bertz CT molecular complexity index is 564. The van der Waals surface area contributed by atoms with Crippen molar-refractivity contribution >= 4 is 11.8 Å². The van der Waals surface area contributed by atoms with Crippen molar-refractivity contribution in [2.75, 3.05) is 0 Å². The Morgan fingerprint density at radius 3 is 2.47 bits per heavy atom. The molecule has 1 aromatic heterocycles. The molecule has 1 heterocycles. The highest BCUT2D eigenvalue weighted by Gasteiger charge is 2.14. The van der Waals surface area contributed by atoms with Crippen molar-refractivity contribution in [3.8, 4) is 11.5 Å². The lowest BCUT2D eigenvalue weighted by Gasteiger charge is -1.96. The van der Waals surface area contributed by atoms with Crippen LogP contribution in [-0.2, 0) is 0 Å². The van der Waals surface area contributed by atoms with Crippen molar-refractivity contribution in [2.45, 2.75) is 6.92 Å². The third kappa shape index (κ3) is 2.13. The molecule has 86 valence electrons. The van der Waals surface area contributed by atoms with Gasteiger partial charge < -0.3 is 9.52 Å². The maximum atomic E-state index is 9.36. The molecule has 17 heavy (non-hydrogen) atoms. The van der Waals surface area contributed by atoms with Gasteiger partial charge in [0.2, 0.25) is 5.89 Å². The van der Waals surface area contributed by atoms with Crippen molar-refractivity contribution in [3.63, 3.8) is 0 Å². The van der Waals surface area contributed by atoms with Gasteiger partial charge in [-0.25, -0.2) is 4.98 Å². The average Bonchev–Trinajstić information content (AvgIpc) is 2.74. The van der Waals surface area contributed by atoms with Crippen LogP contribution >= 0.6 is 0 Å². The van der Waals surface area contributed by atoms with Crippen LogP contribution in [0.5, 0.6) is 0 Å². The number of hydrogen-bond acceptors (Lipinski definition) is 3. The summed E-state index contributed by atoms with van der Waals surface area (Å²) >= 11 is 0. The van der Waals surface area contributed by atoms with E-state index in [0.29, 0.717) is 11.6 Å². The summed E-state index contributed by atoms with van der Waals surface area (Å²) in [6, 6.07) is 7.77. The van der Waals surface area contributed by atoms with E-state index in [-0.39, 0.29) is 11.5 Å². The first-order valence-electron chi connectivity index (χ1n) is 5.20. The Labute approximate surface area is 99.7 Å². The zero-order chi connectivity index (χ0) is 12.4. The Hall–Kier alpha value is -2.29. The molecule has 0 aliphatic rings. The standard InChI is InChI=1S/C14H13NO2/c1-4-12-13(10(3)16)17-14(15-12)11-7-5-9(2)6-8-11/h4-8,16H,1,3H2,2H3. The smallest absolute Gasteiger partial charge is 0.227 e. The zero-order valence-electron chi connectivity index (χ0n) is 9.60. The van der Waals surface area contributed by atoms with Crippen LogP contribution in [0.4, 0.5) is 0 Å². The summed E-state index contributed by atoms with van der Waals surface area (Å²) in [4.78, 5) is 4.24. The summed E-state index contributed by atoms with van der Waals surface area (Å²) in [5.74, 6) is 0.562. The average molecular weight is 227 g/mol. The normalized spacial score (nSPS) is 10.2. The highest BCUT2D eigenvalue weighted by atomic mass is 16.4.